The topological polar surface area (TPSA) is 86.8 Å². The molecular formula is C31H39N3O4S. The standard InChI is InChI=1S/C31H39N3O4S/c1-24(2)32-31(36)29(22-26-15-7-5-8-16-26)33(23-27-17-9-6-10-18-27)30(35)20-13-21-34(39(4,37)38)28-19-12-11-14-25(28)3/h5-12,14-19,24,29H,13,20-23H2,1-4H3,(H,32,36)/t29-/m1/s1. The van der Waals surface area contributed by atoms with Crippen molar-refractivity contribution in [2.24, 2.45) is 0 Å². The van der Waals surface area contributed by atoms with E-state index in [-0.39, 0.29) is 37.4 Å². The van der Waals surface area contributed by atoms with Crippen molar-refractivity contribution >= 4 is 27.5 Å². The van der Waals surface area contributed by atoms with E-state index in [4.69, 9.17) is 0 Å². The maximum atomic E-state index is 13.8. The lowest BCUT2D eigenvalue weighted by molar-refractivity contribution is -0.141. The van der Waals surface area contributed by atoms with Crippen LogP contribution in [-0.4, -0.2) is 50.0 Å². The fraction of sp³-hybridized carbons (Fsp3) is 0.355. The molecule has 0 bridgehead atoms. The third-order valence-electron chi connectivity index (χ3n) is 6.43. The van der Waals surface area contributed by atoms with Crippen molar-refractivity contribution in [3.8, 4) is 0 Å². The number of amides is 2. The van der Waals surface area contributed by atoms with Crippen LogP contribution < -0.4 is 9.62 Å². The lowest BCUT2D eigenvalue weighted by Crippen LogP contribution is -2.51. The van der Waals surface area contributed by atoms with Crippen LogP contribution in [0.5, 0.6) is 0 Å². The Morgan fingerprint density at radius 1 is 0.846 bits per heavy atom. The van der Waals surface area contributed by atoms with Crippen molar-refractivity contribution in [2.45, 2.75) is 58.7 Å². The van der Waals surface area contributed by atoms with Crippen LogP contribution in [0.25, 0.3) is 0 Å². The van der Waals surface area contributed by atoms with Gasteiger partial charge in [-0.1, -0.05) is 78.9 Å². The number of carbonyl (C=O) groups is 2. The number of aryl methyl sites for hydroxylation is 1. The molecule has 0 heterocycles. The van der Waals surface area contributed by atoms with E-state index in [1.807, 2.05) is 93.6 Å². The van der Waals surface area contributed by atoms with E-state index in [1.54, 1.807) is 17.0 Å². The zero-order valence-corrected chi connectivity index (χ0v) is 24.0. The van der Waals surface area contributed by atoms with E-state index in [2.05, 4.69) is 5.32 Å². The molecule has 0 aliphatic heterocycles. The van der Waals surface area contributed by atoms with Gasteiger partial charge in [0.2, 0.25) is 21.8 Å². The summed E-state index contributed by atoms with van der Waals surface area (Å²) in [5.74, 6) is -0.410. The maximum Gasteiger partial charge on any atom is 0.243 e. The van der Waals surface area contributed by atoms with E-state index in [9.17, 15) is 18.0 Å². The highest BCUT2D eigenvalue weighted by Crippen LogP contribution is 2.23. The van der Waals surface area contributed by atoms with Crippen LogP contribution in [0.1, 0.15) is 43.4 Å². The van der Waals surface area contributed by atoms with Gasteiger partial charge in [0.05, 0.1) is 11.9 Å². The van der Waals surface area contributed by atoms with Crippen LogP contribution >= 0.6 is 0 Å². The molecule has 0 aliphatic rings. The van der Waals surface area contributed by atoms with Gasteiger partial charge in [0, 0.05) is 32.0 Å². The Morgan fingerprint density at radius 3 is 1.97 bits per heavy atom. The molecule has 0 aliphatic carbocycles. The van der Waals surface area contributed by atoms with Gasteiger partial charge < -0.3 is 10.2 Å². The minimum atomic E-state index is -3.55. The minimum absolute atomic E-state index is 0.0816. The van der Waals surface area contributed by atoms with Crippen LogP contribution in [0.15, 0.2) is 84.9 Å². The molecule has 3 rings (SSSR count). The Bertz CT molecular complexity index is 1330. The van der Waals surface area contributed by atoms with Gasteiger partial charge in [-0.15, -0.1) is 0 Å². The van der Waals surface area contributed by atoms with Gasteiger partial charge in [0.1, 0.15) is 6.04 Å². The Labute approximate surface area is 232 Å². The normalized spacial score (nSPS) is 12.1. The number of anilines is 1. The number of rotatable bonds is 13. The number of hydrogen-bond donors (Lipinski definition) is 1. The highest BCUT2D eigenvalue weighted by atomic mass is 32.2. The molecule has 3 aromatic rings. The first-order chi connectivity index (χ1) is 18.6. The van der Waals surface area contributed by atoms with E-state index in [0.717, 1.165) is 16.7 Å². The van der Waals surface area contributed by atoms with Crippen molar-refractivity contribution in [3.63, 3.8) is 0 Å². The molecule has 0 radical (unpaired) electrons. The maximum absolute atomic E-state index is 13.8. The Balaban J connectivity index is 1.86. The van der Waals surface area contributed by atoms with Crippen LogP contribution in [0.4, 0.5) is 5.69 Å². The highest BCUT2D eigenvalue weighted by molar-refractivity contribution is 7.92. The molecule has 0 aromatic heterocycles. The summed E-state index contributed by atoms with van der Waals surface area (Å²) in [6, 6.07) is 25.7. The molecule has 0 spiro atoms. The third kappa shape index (κ3) is 8.96. The minimum Gasteiger partial charge on any atom is -0.352 e. The van der Waals surface area contributed by atoms with Crippen LogP contribution in [0.3, 0.4) is 0 Å². The summed E-state index contributed by atoms with van der Waals surface area (Å²) in [6.07, 6.45) is 1.96. The van der Waals surface area contributed by atoms with Crippen molar-refractivity contribution in [1.82, 2.24) is 10.2 Å². The SMILES string of the molecule is Cc1ccccc1N(CCCC(=O)N(Cc1ccccc1)[C@H](Cc1ccccc1)C(=O)NC(C)C)S(C)(=O)=O. The number of hydrogen-bond acceptors (Lipinski definition) is 4. The zero-order chi connectivity index (χ0) is 28.4. The highest BCUT2D eigenvalue weighted by Gasteiger charge is 2.31. The summed E-state index contributed by atoms with van der Waals surface area (Å²) in [5, 5.41) is 2.99. The van der Waals surface area contributed by atoms with Gasteiger partial charge >= 0.3 is 0 Å². The first-order valence-electron chi connectivity index (χ1n) is 13.3. The van der Waals surface area contributed by atoms with Crippen molar-refractivity contribution in [2.75, 3.05) is 17.1 Å². The predicted octanol–water partition coefficient (Wildman–Crippen LogP) is 4.71. The summed E-state index contributed by atoms with van der Waals surface area (Å²) in [5.41, 5.74) is 3.31. The average molecular weight is 550 g/mol. The Hall–Kier alpha value is -3.65. The molecule has 0 saturated carbocycles. The molecule has 0 saturated heterocycles. The molecule has 3 aromatic carbocycles. The van der Waals surface area contributed by atoms with Crippen molar-refractivity contribution in [1.29, 1.82) is 0 Å². The Morgan fingerprint density at radius 2 is 1.41 bits per heavy atom. The monoisotopic (exact) mass is 549 g/mol. The second kappa shape index (κ2) is 13.9. The van der Waals surface area contributed by atoms with Crippen LogP contribution in [0.2, 0.25) is 0 Å². The quantitative estimate of drug-likeness (QED) is 0.335. The third-order valence-corrected chi connectivity index (χ3v) is 7.61. The fourth-order valence-corrected chi connectivity index (χ4v) is 5.56. The summed E-state index contributed by atoms with van der Waals surface area (Å²) >= 11 is 0. The summed E-state index contributed by atoms with van der Waals surface area (Å²) in [4.78, 5) is 28.9. The molecule has 39 heavy (non-hydrogen) atoms. The number of sulfonamides is 1. The number of para-hydroxylation sites is 1. The number of benzene rings is 3. The molecule has 1 N–H and O–H groups in total. The number of nitrogens with zero attached hydrogens (tertiary/aromatic N) is 2. The van der Waals surface area contributed by atoms with Gasteiger partial charge in [-0.05, 0) is 49.9 Å². The fourth-order valence-electron chi connectivity index (χ4n) is 4.54. The van der Waals surface area contributed by atoms with Gasteiger partial charge in [-0.2, -0.15) is 0 Å². The second-order valence-corrected chi connectivity index (χ2v) is 12.0. The van der Waals surface area contributed by atoms with Gasteiger partial charge in [0.25, 0.3) is 0 Å². The van der Waals surface area contributed by atoms with E-state index in [1.165, 1.54) is 10.6 Å². The van der Waals surface area contributed by atoms with E-state index >= 15 is 0 Å². The molecule has 7 nitrogen and oxygen atoms in total. The van der Waals surface area contributed by atoms with E-state index in [0.29, 0.717) is 18.5 Å². The van der Waals surface area contributed by atoms with E-state index < -0.39 is 16.1 Å². The van der Waals surface area contributed by atoms with Crippen LogP contribution in [0, 0.1) is 6.92 Å². The predicted molar refractivity (Wildman–Crippen MR) is 157 cm³/mol. The van der Waals surface area contributed by atoms with Crippen molar-refractivity contribution in [3.05, 3.63) is 102 Å². The van der Waals surface area contributed by atoms with Crippen LogP contribution in [-0.2, 0) is 32.6 Å². The molecule has 8 heteroatoms. The van der Waals surface area contributed by atoms with Crippen molar-refractivity contribution < 1.29 is 18.0 Å². The molecule has 1 atom stereocenters. The largest absolute Gasteiger partial charge is 0.352 e. The average Bonchev–Trinajstić information content (AvgIpc) is 2.89. The second-order valence-electron chi connectivity index (χ2n) is 10.1. The van der Waals surface area contributed by atoms with Gasteiger partial charge in [-0.3, -0.25) is 13.9 Å². The lowest BCUT2D eigenvalue weighted by Gasteiger charge is -2.32. The summed E-state index contributed by atoms with van der Waals surface area (Å²) in [6.45, 7) is 6.09. The summed E-state index contributed by atoms with van der Waals surface area (Å²) in [7, 11) is -3.55. The smallest absolute Gasteiger partial charge is 0.243 e. The first-order valence-corrected chi connectivity index (χ1v) is 15.1. The first kappa shape index (κ1) is 29.9. The lowest BCUT2D eigenvalue weighted by atomic mass is 10.0. The number of carbonyl (C=O) groups excluding carboxylic acids is 2. The summed E-state index contributed by atoms with van der Waals surface area (Å²) < 4.78 is 26.6. The molecular weight excluding hydrogens is 510 g/mol. The van der Waals surface area contributed by atoms with Gasteiger partial charge in [-0.25, -0.2) is 8.42 Å². The molecule has 0 unspecified atom stereocenters. The molecule has 2 amide bonds. The molecule has 0 fully saturated rings. The zero-order valence-electron chi connectivity index (χ0n) is 23.2. The number of nitrogens with one attached hydrogen (secondary N) is 1. The van der Waals surface area contributed by atoms with Gasteiger partial charge in [0.15, 0.2) is 0 Å². The Kier molecular flexibility index (Phi) is 10.7. The molecule has 208 valence electrons.